The van der Waals surface area contributed by atoms with Crippen molar-refractivity contribution < 1.29 is 4.74 Å². The van der Waals surface area contributed by atoms with E-state index < -0.39 is 0 Å². The number of nitrogens with two attached hydrogens (primary N) is 1. The Labute approximate surface area is 109 Å². The maximum atomic E-state index is 7.15. The first-order valence-electron chi connectivity index (χ1n) is 6.26. The van der Waals surface area contributed by atoms with E-state index in [1.807, 2.05) is 12.1 Å². The number of unbranched alkanes of at least 4 members (excludes halogenated alkanes) is 1. The van der Waals surface area contributed by atoms with Crippen molar-refractivity contribution in [3.05, 3.63) is 29.8 Å². The predicted molar refractivity (Wildman–Crippen MR) is 75.1 cm³/mol. The molecule has 0 fully saturated rings. The van der Waals surface area contributed by atoms with E-state index in [0.29, 0.717) is 6.42 Å². The van der Waals surface area contributed by atoms with Crippen LogP contribution in [-0.2, 0) is 6.54 Å². The topological polar surface area (TPSA) is 62.3 Å². The molecule has 18 heavy (non-hydrogen) atoms. The molecule has 0 unspecified atom stereocenters. The van der Waals surface area contributed by atoms with Crippen molar-refractivity contribution in [1.29, 1.82) is 5.41 Å². The number of benzene rings is 1. The van der Waals surface area contributed by atoms with Gasteiger partial charge in [-0.3, -0.25) is 5.41 Å². The van der Waals surface area contributed by atoms with Gasteiger partial charge >= 0.3 is 0 Å². The summed E-state index contributed by atoms with van der Waals surface area (Å²) in [6, 6.07) is 8.13. The monoisotopic (exact) mass is 249 g/mol. The molecule has 0 bridgehead atoms. The summed E-state index contributed by atoms with van der Waals surface area (Å²) in [6.45, 7) is 1.93. The van der Waals surface area contributed by atoms with Crippen LogP contribution in [0, 0.1) is 5.41 Å². The Bertz CT molecular complexity index is 379. The van der Waals surface area contributed by atoms with Crippen molar-refractivity contribution in [1.82, 2.24) is 4.90 Å². The van der Waals surface area contributed by atoms with Crippen molar-refractivity contribution in [3.63, 3.8) is 0 Å². The molecule has 0 heterocycles. The van der Waals surface area contributed by atoms with Crippen LogP contribution in [0.4, 0.5) is 0 Å². The third-order valence-corrected chi connectivity index (χ3v) is 2.82. The Balaban J connectivity index is 2.30. The van der Waals surface area contributed by atoms with Gasteiger partial charge in [-0.25, -0.2) is 0 Å². The molecule has 1 aromatic carbocycles. The molecule has 1 aromatic rings. The van der Waals surface area contributed by atoms with Crippen LogP contribution in [0.2, 0.25) is 0 Å². The number of hydrogen-bond donors (Lipinski definition) is 2. The van der Waals surface area contributed by atoms with Gasteiger partial charge in [-0.05, 0) is 44.1 Å². The van der Waals surface area contributed by atoms with Gasteiger partial charge in [0.05, 0.1) is 12.9 Å². The third-order valence-electron chi connectivity index (χ3n) is 2.82. The zero-order chi connectivity index (χ0) is 13.4. The maximum absolute atomic E-state index is 7.15. The molecule has 0 amide bonds. The van der Waals surface area contributed by atoms with Crippen LogP contribution in [0.3, 0.4) is 0 Å². The molecule has 0 saturated carbocycles. The molecule has 0 radical (unpaired) electrons. The minimum atomic E-state index is 0.283. The van der Waals surface area contributed by atoms with Crippen molar-refractivity contribution in [2.45, 2.75) is 25.8 Å². The zero-order valence-corrected chi connectivity index (χ0v) is 11.3. The second kappa shape index (κ2) is 7.71. The molecular formula is C14H23N3O. The van der Waals surface area contributed by atoms with E-state index in [2.05, 4.69) is 24.1 Å². The Morgan fingerprint density at radius 1 is 1.39 bits per heavy atom. The molecule has 0 aliphatic heterocycles. The third kappa shape index (κ3) is 5.68. The summed E-state index contributed by atoms with van der Waals surface area (Å²) in [6.07, 6.45) is 2.75. The second-order valence-electron chi connectivity index (χ2n) is 4.57. The molecular weight excluding hydrogens is 226 g/mol. The Hall–Kier alpha value is -1.55. The van der Waals surface area contributed by atoms with E-state index in [1.165, 1.54) is 5.56 Å². The number of methoxy groups -OCH3 is 1. The highest BCUT2D eigenvalue weighted by Crippen LogP contribution is 2.14. The Morgan fingerprint density at radius 3 is 2.83 bits per heavy atom. The van der Waals surface area contributed by atoms with Crippen molar-refractivity contribution >= 4 is 5.84 Å². The first-order valence-corrected chi connectivity index (χ1v) is 6.26. The Morgan fingerprint density at radius 2 is 2.17 bits per heavy atom. The van der Waals surface area contributed by atoms with Crippen LogP contribution in [0.1, 0.15) is 24.8 Å². The first-order chi connectivity index (χ1) is 8.61. The van der Waals surface area contributed by atoms with Gasteiger partial charge in [0.25, 0.3) is 0 Å². The highest BCUT2D eigenvalue weighted by Gasteiger charge is 2.02. The van der Waals surface area contributed by atoms with Gasteiger partial charge in [-0.15, -0.1) is 0 Å². The number of rotatable bonds is 8. The summed E-state index contributed by atoms with van der Waals surface area (Å²) in [5.41, 5.74) is 6.57. The summed E-state index contributed by atoms with van der Waals surface area (Å²) in [5, 5.41) is 7.15. The summed E-state index contributed by atoms with van der Waals surface area (Å²) < 4.78 is 5.21. The number of amidine groups is 1. The number of nitrogens with zero attached hydrogens (tertiary/aromatic N) is 1. The summed E-state index contributed by atoms with van der Waals surface area (Å²) in [7, 11) is 3.79. The SMILES string of the molecule is COc1cccc(CN(C)CCCCC(=N)N)c1. The highest BCUT2D eigenvalue weighted by molar-refractivity contribution is 5.76. The number of hydrogen-bond acceptors (Lipinski definition) is 3. The molecule has 0 spiro atoms. The smallest absolute Gasteiger partial charge is 0.119 e. The fourth-order valence-electron chi connectivity index (χ4n) is 1.86. The summed E-state index contributed by atoms with van der Waals surface area (Å²) >= 11 is 0. The summed E-state index contributed by atoms with van der Waals surface area (Å²) in [4.78, 5) is 2.27. The van der Waals surface area contributed by atoms with Gasteiger partial charge < -0.3 is 15.4 Å². The van der Waals surface area contributed by atoms with E-state index in [1.54, 1.807) is 7.11 Å². The minimum absolute atomic E-state index is 0.283. The second-order valence-corrected chi connectivity index (χ2v) is 4.57. The van der Waals surface area contributed by atoms with Crippen LogP contribution in [0.25, 0.3) is 0 Å². The summed E-state index contributed by atoms with van der Waals surface area (Å²) in [5.74, 6) is 1.18. The van der Waals surface area contributed by atoms with Gasteiger partial charge in [-0.1, -0.05) is 12.1 Å². The van der Waals surface area contributed by atoms with Crippen molar-refractivity contribution in [2.75, 3.05) is 20.7 Å². The van der Waals surface area contributed by atoms with Crippen LogP contribution >= 0.6 is 0 Å². The number of nitrogens with one attached hydrogen (secondary N) is 1. The van der Waals surface area contributed by atoms with Gasteiger partial charge in [-0.2, -0.15) is 0 Å². The lowest BCUT2D eigenvalue weighted by Crippen LogP contribution is -2.19. The van der Waals surface area contributed by atoms with E-state index in [9.17, 15) is 0 Å². The molecule has 0 aliphatic carbocycles. The Kier molecular flexibility index (Phi) is 6.22. The maximum Gasteiger partial charge on any atom is 0.119 e. The first kappa shape index (κ1) is 14.5. The van der Waals surface area contributed by atoms with Crippen LogP contribution < -0.4 is 10.5 Å². The normalized spacial score (nSPS) is 10.6. The molecule has 4 heteroatoms. The van der Waals surface area contributed by atoms with E-state index in [0.717, 1.165) is 31.7 Å². The minimum Gasteiger partial charge on any atom is -0.497 e. The zero-order valence-electron chi connectivity index (χ0n) is 11.3. The predicted octanol–water partition coefficient (Wildman–Crippen LogP) is 2.23. The molecule has 0 aromatic heterocycles. The quantitative estimate of drug-likeness (QED) is 0.422. The highest BCUT2D eigenvalue weighted by atomic mass is 16.5. The lowest BCUT2D eigenvalue weighted by atomic mass is 10.2. The van der Waals surface area contributed by atoms with E-state index in [-0.39, 0.29) is 5.84 Å². The van der Waals surface area contributed by atoms with E-state index in [4.69, 9.17) is 15.9 Å². The average Bonchev–Trinajstić information content (AvgIpc) is 2.34. The molecule has 1 rings (SSSR count). The lowest BCUT2D eigenvalue weighted by Gasteiger charge is -2.16. The van der Waals surface area contributed by atoms with Gasteiger partial charge in [0, 0.05) is 13.0 Å². The van der Waals surface area contributed by atoms with Crippen LogP contribution in [0.15, 0.2) is 24.3 Å². The molecule has 4 nitrogen and oxygen atoms in total. The van der Waals surface area contributed by atoms with Crippen LogP contribution in [0.5, 0.6) is 5.75 Å². The molecule has 3 N–H and O–H groups in total. The molecule has 0 saturated heterocycles. The fourth-order valence-corrected chi connectivity index (χ4v) is 1.86. The lowest BCUT2D eigenvalue weighted by molar-refractivity contribution is 0.318. The largest absolute Gasteiger partial charge is 0.497 e. The van der Waals surface area contributed by atoms with E-state index >= 15 is 0 Å². The van der Waals surface area contributed by atoms with Gasteiger partial charge in [0.1, 0.15) is 5.75 Å². The standard InChI is InChI=1S/C14H23N3O/c1-17(9-4-3-8-14(15)16)11-12-6-5-7-13(10-12)18-2/h5-7,10H,3-4,8-9,11H2,1-2H3,(H3,15,16). The molecule has 0 aliphatic rings. The number of ether oxygens (including phenoxy) is 1. The molecule has 0 atom stereocenters. The van der Waals surface area contributed by atoms with Gasteiger partial charge in [0.2, 0.25) is 0 Å². The molecule has 100 valence electrons. The van der Waals surface area contributed by atoms with Gasteiger partial charge in [0.15, 0.2) is 0 Å². The van der Waals surface area contributed by atoms with Crippen molar-refractivity contribution in [2.24, 2.45) is 5.73 Å². The fraction of sp³-hybridized carbons (Fsp3) is 0.500. The average molecular weight is 249 g/mol. The van der Waals surface area contributed by atoms with Crippen molar-refractivity contribution in [3.8, 4) is 5.75 Å². The van der Waals surface area contributed by atoms with Crippen LogP contribution in [-0.4, -0.2) is 31.4 Å².